The van der Waals surface area contributed by atoms with Gasteiger partial charge in [-0.25, -0.2) is 0 Å². The highest BCUT2D eigenvalue weighted by molar-refractivity contribution is 5.84. The van der Waals surface area contributed by atoms with Crippen molar-refractivity contribution in [3.8, 4) is 0 Å². The highest BCUT2D eigenvalue weighted by Gasteiger charge is 2.20. The Kier molecular flexibility index (Phi) is 5.83. The molecule has 0 unspecified atom stereocenters. The van der Waals surface area contributed by atoms with Crippen LogP contribution in [0.4, 0.5) is 5.69 Å². The Morgan fingerprint density at radius 1 is 1.26 bits per heavy atom. The van der Waals surface area contributed by atoms with Crippen molar-refractivity contribution >= 4 is 11.6 Å². The average Bonchev–Trinajstić information content (AvgIpc) is 2.37. The van der Waals surface area contributed by atoms with Crippen LogP contribution in [0, 0.1) is 0 Å². The number of nitrogens with zero attached hydrogens (tertiary/aromatic N) is 1. The topological polar surface area (TPSA) is 58.4 Å². The molecule has 4 heteroatoms. The van der Waals surface area contributed by atoms with Gasteiger partial charge < -0.3 is 16.0 Å². The molecular weight excluding hydrogens is 238 g/mol. The van der Waals surface area contributed by atoms with Crippen molar-refractivity contribution in [2.75, 3.05) is 25.0 Å². The van der Waals surface area contributed by atoms with Gasteiger partial charge in [0.1, 0.15) is 0 Å². The molecule has 1 aromatic rings. The van der Waals surface area contributed by atoms with Gasteiger partial charge in [-0.2, -0.15) is 0 Å². The number of nitrogens with two attached hydrogens (primary N) is 1. The van der Waals surface area contributed by atoms with E-state index in [0.29, 0.717) is 6.54 Å². The summed E-state index contributed by atoms with van der Waals surface area (Å²) in [6, 6.07) is 10.3. The van der Waals surface area contributed by atoms with E-state index in [1.807, 2.05) is 18.2 Å². The second-order valence-corrected chi connectivity index (χ2v) is 5.44. The van der Waals surface area contributed by atoms with E-state index < -0.39 is 5.54 Å². The molecule has 1 amide bonds. The van der Waals surface area contributed by atoms with Crippen LogP contribution in [-0.4, -0.2) is 31.6 Å². The standard InChI is InChI=1S/C15H25N3O/c1-15(2,16)14(19)17-11-7-8-12-18(3)13-9-5-4-6-10-13/h4-6,9-10H,7-8,11-12,16H2,1-3H3,(H,17,19). The van der Waals surface area contributed by atoms with Gasteiger partial charge in [0.15, 0.2) is 0 Å². The van der Waals surface area contributed by atoms with Crippen LogP contribution in [0.5, 0.6) is 0 Å². The highest BCUT2D eigenvalue weighted by Crippen LogP contribution is 2.11. The van der Waals surface area contributed by atoms with Gasteiger partial charge in [-0.1, -0.05) is 18.2 Å². The predicted octanol–water partition coefficient (Wildman–Crippen LogP) is 1.76. The van der Waals surface area contributed by atoms with Gasteiger partial charge in [0.05, 0.1) is 5.54 Å². The van der Waals surface area contributed by atoms with Crippen molar-refractivity contribution in [3.63, 3.8) is 0 Å². The monoisotopic (exact) mass is 263 g/mol. The van der Waals surface area contributed by atoms with E-state index in [2.05, 4.69) is 29.4 Å². The van der Waals surface area contributed by atoms with Crippen LogP contribution in [-0.2, 0) is 4.79 Å². The second kappa shape index (κ2) is 7.14. The minimum absolute atomic E-state index is 0.0936. The number of amides is 1. The fraction of sp³-hybridized carbons (Fsp3) is 0.533. The van der Waals surface area contributed by atoms with Crippen LogP contribution >= 0.6 is 0 Å². The summed E-state index contributed by atoms with van der Waals surface area (Å²) < 4.78 is 0. The first-order valence-electron chi connectivity index (χ1n) is 6.74. The number of rotatable bonds is 7. The van der Waals surface area contributed by atoms with E-state index in [-0.39, 0.29) is 5.91 Å². The van der Waals surface area contributed by atoms with E-state index >= 15 is 0 Å². The number of unbranched alkanes of at least 4 members (excludes halogenated alkanes) is 1. The maximum atomic E-state index is 11.5. The molecule has 3 N–H and O–H groups in total. The Hall–Kier alpha value is -1.55. The van der Waals surface area contributed by atoms with Crippen LogP contribution in [0.15, 0.2) is 30.3 Å². The SMILES string of the molecule is CN(CCCCNC(=O)C(C)(C)N)c1ccccc1. The number of para-hydroxylation sites is 1. The van der Waals surface area contributed by atoms with E-state index in [1.165, 1.54) is 5.69 Å². The first kappa shape index (κ1) is 15.5. The van der Waals surface area contributed by atoms with Crippen molar-refractivity contribution in [1.82, 2.24) is 5.32 Å². The minimum atomic E-state index is -0.791. The van der Waals surface area contributed by atoms with Crippen molar-refractivity contribution in [1.29, 1.82) is 0 Å². The predicted molar refractivity (Wildman–Crippen MR) is 80.2 cm³/mol. The van der Waals surface area contributed by atoms with E-state index in [0.717, 1.165) is 19.4 Å². The molecular formula is C15H25N3O. The molecule has 0 atom stereocenters. The van der Waals surface area contributed by atoms with Gasteiger partial charge in [0.2, 0.25) is 5.91 Å². The molecule has 4 nitrogen and oxygen atoms in total. The van der Waals surface area contributed by atoms with Crippen molar-refractivity contribution < 1.29 is 4.79 Å². The molecule has 0 bridgehead atoms. The second-order valence-electron chi connectivity index (χ2n) is 5.44. The lowest BCUT2D eigenvalue weighted by atomic mass is 10.1. The Morgan fingerprint density at radius 2 is 1.89 bits per heavy atom. The molecule has 1 rings (SSSR count). The third-order valence-corrected chi connectivity index (χ3v) is 2.99. The van der Waals surface area contributed by atoms with Gasteiger partial charge in [-0.05, 0) is 38.8 Å². The Labute approximate surface area is 116 Å². The Bertz CT molecular complexity index is 384. The fourth-order valence-electron chi connectivity index (χ4n) is 1.72. The zero-order valence-corrected chi connectivity index (χ0v) is 12.1. The summed E-state index contributed by atoms with van der Waals surface area (Å²) >= 11 is 0. The fourth-order valence-corrected chi connectivity index (χ4v) is 1.72. The number of anilines is 1. The van der Waals surface area contributed by atoms with Gasteiger partial charge in [0.25, 0.3) is 0 Å². The summed E-state index contributed by atoms with van der Waals surface area (Å²) in [5.74, 6) is -0.0936. The third kappa shape index (κ3) is 5.75. The van der Waals surface area contributed by atoms with Gasteiger partial charge >= 0.3 is 0 Å². The molecule has 19 heavy (non-hydrogen) atoms. The van der Waals surface area contributed by atoms with Crippen molar-refractivity contribution in [2.24, 2.45) is 5.73 Å². The molecule has 0 aromatic heterocycles. The summed E-state index contributed by atoms with van der Waals surface area (Å²) in [4.78, 5) is 13.8. The maximum Gasteiger partial charge on any atom is 0.239 e. The lowest BCUT2D eigenvalue weighted by Crippen LogP contribution is -2.49. The molecule has 0 fully saturated rings. The lowest BCUT2D eigenvalue weighted by molar-refractivity contribution is -0.125. The number of hydrogen-bond donors (Lipinski definition) is 2. The molecule has 0 heterocycles. The zero-order valence-electron chi connectivity index (χ0n) is 12.1. The van der Waals surface area contributed by atoms with Crippen LogP contribution in [0.25, 0.3) is 0 Å². The van der Waals surface area contributed by atoms with Crippen molar-refractivity contribution in [2.45, 2.75) is 32.2 Å². The Balaban J connectivity index is 2.16. The molecule has 0 saturated carbocycles. The van der Waals surface area contributed by atoms with Gasteiger partial charge in [-0.15, -0.1) is 0 Å². The van der Waals surface area contributed by atoms with Crippen LogP contribution in [0.3, 0.4) is 0 Å². The quantitative estimate of drug-likeness (QED) is 0.737. The zero-order chi connectivity index (χ0) is 14.3. The third-order valence-electron chi connectivity index (χ3n) is 2.99. The normalized spacial score (nSPS) is 11.2. The molecule has 0 saturated heterocycles. The van der Waals surface area contributed by atoms with Gasteiger partial charge in [0, 0.05) is 25.8 Å². The van der Waals surface area contributed by atoms with E-state index in [1.54, 1.807) is 13.8 Å². The van der Waals surface area contributed by atoms with Gasteiger partial charge in [-0.3, -0.25) is 4.79 Å². The smallest absolute Gasteiger partial charge is 0.239 e. The minimum Gasteiger partial charge on any atom is -0.375 e. The maximum absolute atomic E-state index is 11.5. The van der Waals surface area contributed by atoms with E-state index in [9.17, 15) is 4.79 Å². The van der Waals surface area contributed by atoms with E-state index in [4.69, 9.17) is 5.73 Å². The number of carbonyl (C=O) groups excluding carboxylic acids is 1. The molecule has 0 aliphatic carbocycles. The molecule has 1 aromatic carbocycles. The lowest BCUT2D eigenvalue weighted by Gasteiger charge is -2.20. The first-order valence-corrected chi connectivity index (χ1v) is 6.74. The van der Waals surface area contributed by atoms with Crippen LogP contribution in [0.1, 0.15) is 26.7 Å². The largest absolute Gasteiger partial charge is 0.375 e. The average molecular weight is 263 g/mol. The summed E-state index contributed by atoms with van der Waals surface area (Å²) in [5, 5.41) is 2.85. The molecule has 106 valence electrons. The number of carbonyl (C=O) groups is 1. The number of benzene rings is 1. The van der Waals surface area contributed by atoms with Crippen LogP contribution < -0.4 is 16.0 Å². The molecule has 0 aliphatic rings. The highest BCUT2D eigenvalue weighted by atomic mass is 16.2. The number of hydrogen-bond acceptors (Lipinski definition) is 3. The summed E-state index contributed by atoms with van der Waals surface area (Å²) in [6.07, 6.45) is 2.00. The Morgan fingerprint density at radius 3 is 2.47 bits per heavy atom. The van der Waals surface area contributed by atoms with Crippen molar-refractivity contribution in [3.05, 3.63) is 30.3 Å². The molecule has 0 spiro atoms. The summed E-state index contributed by atoms with van der Waals surface area (Å²) in [6.45, 7) is 5.09. The molecule has 0 radical (unpaired) electrons. The van der Waals surface area contributed by atoms with Crippen LogP contribution in [0.2, 0.25) is 0 Å². The summed E-state index contributed by atoms with van der Waals surface area (Å²) in [7, 11) is 2.08. The summed E-state index contributed by atoms with van der Waals surface area (Å²) in [5.41, 5.74) is 6.12. The molecule has 0 aliphatic heterocycles. The number of nitrogens with one attached hydrogen (secondary N) is 1. The first-order chi connectivity index (χ1) is 8.91.